The molecule has 0 atom stereocenters. The van der Waals surface area contributed by atoms with Gasteiger partial charge in [-0.25, -0.2) is 0 Å². The Balaban J connectivity index is 1.77. The minimum Gasteiger partial charge on any atom is -0.416 e. The topological polar surface area (TPSA) is 38.9 Å². The fourth-order valence-corrected chi connectivity index (χ4v) is 3.56. The summed E-state index contributed by atoms with van der Waals surface area (Å²) < 4.78 is 5.95. The van der Waals surface area contributed by atoms with Crippen molar-refractivity contribution in [3.63, 3.8) is 0 Å². The first-order valence-electron chi connectivity index (χ1n) is 8.96. The summed E-state index contributed by atoms with van der Waals surface area (Å²) >= 11 is 1.79. The molecule has 0 aliphatic carbocycles. The van der Waals surface area contributed by atoms with Crippen LogP contribution in [-0.2, 0) is 6.42 Å². The predicted octanol–water partition coefficient (Wildman–Crippen LogP) is 6.25. The van der Waals surface area contributed by atoms with E-state index >= 15 is 0 Å². The van der Waals surface area contributed by atoms with Gasteiger partial charge in [-0.2, -0.15) is 0 Å². The quantitative estimate of drug-likeness (QED) is 0.355. The van der Waals surface area contributed by atoms with Crippen LogP contribution in [0.1, 0.15) is 38.7 Å². The first kappa shape index (κ1) is 17.7. The highest BCUT2D eigenvalue weighted by Crippen LogP contribution is 2.32. The predicted molar refractivity (Wildman–Crippen MR) is 105 cm³/mol. The summed E-state index contributed by atoms with van der Waals surface area (Å²) in [6.07, 6.45) is 4.90. The molecule has 3 rings (SSSR count). The Bertz CT molecular complexity index is 796. The van der Waals surface area contributed by atoms with E-state index in [0.29, 0.717) is 11.8 Å². The molecule has 0 radical (unpaired) electrons. The molecule has 1 aromatic heterocycles. The highest BCUT2D eigenvalue weighted by molar-refractivity contribution is 7.99. The minimum atomic E-state index is 0.575. The molecule has 0 saturated heterocycles. The van der Waals surface area contributed by atoms with Crippen molar-refractivity contribution in [2.45, 2.75) is 44.4 Å². The molecule has 25 heavy (non-hydrogen) atoms. The molecule has 1 heterocycles. The number of hydrogen-bond donors (Lipinski definition) is 0. The summed E-state index contributed by atoms with van der Waals surface area (Å²) in [7, 11) is 0. The van der Waals surface area contributed by atoms with Gasteiger partial charge in [0, 0.05) is 10.5 Å². The lowest BCUT2D eigenvalue weighted by atomic mass is 10.1. The maximum absolute atomic E-state index is 5.95. The molecule has 0 aliphatic heterocycles. The number of nitrogens with zero attached hydrogens (tertiary/aromatic N) is 2. The first-order valence-corrected chi connectivity index (χ1v) is 9.95. The number of aryl methyl sites for hydroxylation is 1. The van der Waals surface area contributed by atoms with E-state index in [0.717, 1.165) is 23.3 Å². The van der Waals surface area contributed by atoms with E-state index in [2.05, 4.69) is 54.4 Å². The second-order valence-electron chi connectivity index (χ2n) is 6.00. The van der Waals surface area contributed by atoms with E-state index in [1.165, 1.54) is 29.7 Å². The van der Waals surface area contributed by atoms with Gasteiger partial charge in [0.25, 0.3) is 0 Å². The Kier molecular flexibility index (Phi) is 6.29. The normalized spacial score (nSPS) is 11.0. The van der Waals surface area contributed by atoms with Gasteiger partial charge in [0.05, 0.1) is 5.56 Å². The van der Waals surface area contributed by atoms with Crippen molar-refractivity contribution in [3.8, 4) is 22.9 Å². The molecular weight excluding hydrogens is 328 g/mol. The van der Waals surface area contributed by atoms with Crippen LogP contribution in [0.15, 0.2) is 57.8 Å². The van der Waals surface area contributed by atoms with Crippen LogP contribution in [0.25, 0.3) is 22.9 Å². The zero-order valence-corrected chi connectivity index (χ0v) is 15.7. The van der Waals surface area contributed by atoms with Crippen molar-refractivity contribution in [1.29, 1.82) is 0 Å². The Morgan fingerprint density at radius 3 is 2.40 bits per heavy atom. The lowest BCUT2D eigenvalue weighted by molar-refractivity contribution is 0.583. The number of unbranched alkanes of at least 4 members (excludes halogenated alkanes) is 2. The van der Waals surface area contributed by atoms with Gasteiger partial charge in [-0.3, -0.25) is 0 Å². The minimum absolute atomic E-state index is 0.575. The zero-order chi connectivity index (χ0) is 17.5. The van der Waals surface area contributed by atoms with E-state index in [4.69, 9.17) is 4.42 Å². The zero-order valence-electron chi connectivity index (χ0n) is 14.9. The average molecular weight is 353 g/mol. The van der Waals surface area contributed by atoms with E-state index < -0.39 is 0 Å². The molecule has 0 N–H and O–H groups in total. The van der Waals surface area contributed by atoms with Gasteiger partial charge in [0.15, 0.2) is 0 Å². The van der Waals surface area contributed by atoms with Crippen LogP contribution in [0.3, 0.4) is 0 Å². The fraction of sp³-hybridized carbons (Fsp3) is 0.333. The van der Waals surface area contributed by atoms with Crippen molar-refractivity contribution in [1.82, 2.24) is 10.2 Å². The summed E-state index contributed by atoms with van der Waals surface area (Å²) in [5.74, 6) is 2.17. The van der Waals surface area contributed by atoms with Crippen molar-refractivity contribution in [3.05, 3.63) is 54.1 Å². The highest BCUT2D eigenvalue weighted by Gasteiger charge is 2.13. The fourth-order valence-electron chi connectivity index (χ4n) is 2.77. The molecule has 0 unspecified atom stereocenters. The monoisotopic (exact) mass is 352 g/mol. The molecule has 3 aromatic rings. The third-order valence-corrected chi connectivity index (χ3v) is 5.07. The molecule has 0 aliphatic rings. The Morgan fingerprint density at radius 2 is 1.64 bits per heavy atom. The summed E-state index contributed by atoms with van der Waals surface area (Å²) in [4.78, 5) is 1.17. The average Bonchev–Trinajstić information content (AvgIpc) is 3.13. The van der Waals surface area contributed by atoms with Crippen molar-refractivity contribution >= 4 is 11.8 Å². The highest BCUT2D eigenvalue weighted by atomic mass is 32.2. The van der Waals surface area contributed by atoms with E-state index in [9.17, 15) is 0 Å². The largest absolute Gasteiger partial charge is 0.416 e. The molecule has 2 aromatic carbocycles. The molecule has 0 fully saturated rings. The lowest BCUT2D eigenvalue weighted by Gasteiger charge is -2.03. The summed E-state index contributed by atoms with van der Waals surface area (Å²) in [5.41, 5.74) is 3.34. The second kappa shape index (κ2) is 8.86. The Morgan fingerprint density at radius 1 is 0.880 bits per heavy atom. The number of aromatic nitrogens is 2. The van der Waals surface area contributed by atoms with Gasteiger partial charge >= 0.3 is 0 Å². The molecule has 0 saturated carbocycles. The van der Waals surface area contributed by atoms with Crippen molar-refractivity contribution in [2.24, 2.45) is 0 Å². The summed E-state index contributed by atoms with van der Waals surface area (Å²) in [5, 5.41) is 8.50. The molecular formula is C21H24N2OS. The molecule has 0 spiro atoms. The van der Waals surface area contributed by atoms with Crippen LogP contribution in [0.5, 0.6) is 0 Å². The standard InChI is InChI=1S/C21H24N2OS/c1-3-5-6-9-16-12-14-17(15-13-16)20-22-23-21(24-20)18-10-7-8-11-19(18)25-4-2/h7-8,10-15H,3-6,9H2,1-2H3. The number of rotatable bonds is 8. The maximum atomic E-state index is 5.95. The lowest BCUT2D eigenvalue weighted by Crippen LogP contribution is -1.86. The van der Waals surface area contributed by atoms with E-state index in [-0.39, 0.29) is 0 Å². The van der Waals surface area contributed by atoms with Crippen LogP contribution in [0.4, 0.5) is 0 Å². The SMILES string of the molecule is CCCCCc1ccc(-c2nnc(-c3ccccc3SCC)o2)cc1. The summed E-state index contributed by atoms with van der Waals surface area (Å²) in [6, 6.07) is 16.6. The maximum Gasteiger partial charge on any atom is 0.249 e. The van der Waals surface area contributed by atoms with Gasteiger partial charge in [-0.1, -0.05) is 51.0 Å². The van der Waals surface area contributed by atoms with Crippen LogP contribution < -0.4 is 0 Å². The van der Waals surface area contributed by atoms with Gasteiger partial charge < -0.3 is 4.42 Å². The molecule has 0 bridgehead atoms. The summed E-state index contributed by atoms with van der Waals surface area (Å²) in [6.45, 7) is 4.37. The van der Waals surface area contributed by atoms with Gasteiger partial charge in [0.2, 0.25) is 11.8 Å². The third-order valence-electron chi connectivity index (χ3n) is 4.11. The van der Waals surface area contributed by atoms with Crippen molar-refractivity contribution in [2.75, 3.05) is 5.75 Å². The third kappa shape index (κ3) is 4.51. The van der Waals surface area contributed by atoms with Crippen LogP contribution in [0.2, 0.25) is 0 Å². The molecule has 130 valence electrons. The van der Waals surface area contributed by atoms with Crippen LogP contribution in [-0.4, -0.2) is 16.0 Å². The molecule has 0 amide bonds. The Labute approximate surface area is 153 Å². The van der Waals surface area contributed by atoms with Gasteiger partial charge in [0.1, 0.15) is 0 Å². The number of hydrogen-bond acceptors (Lipinski definition) is 4. The van der Waals surface area contributed by atoms with Gasteiger partial charge in [-0.15, -0.1) is 22.0 Å². The van der Waals surface area contributed by atoms with Crippen LogP contribution in [0, 0.1) is 0 Å². The first-order chi connectivity index (χ1) is 12.3. The van der Waals surface area contributed by atoms with Crippen molar-refractivity contribution < 1.29 is 4.42 Å². The second-order valence-corrected chi connectivity index (χ2v) is 7.30. The number of thioether (sulfide) groups is 1. The molecule has 3 nitrogen and oxygen atoms in total. The smallest absolute Gasteiger partial charge is 0.249 e. The van der Waals surface area contributed by atoms with E-state index in [1.807, 2.05) is 18.2 Å². The van der Waals surface area contributed by atoms with Gasteiger partial charge in [-0.05, 0) is 48.4 Å². The van der Waals surface area contributed by atoms with E-state index in [1.54, 1.807) is 11.8 Å². The number of benzene rings is 2. The molecule has 4 heteroatoms. The Hall–Kier alpha value is -2.07. The van der Waals surface area contributed by atoms with Crippen LogP contribution >= 0.6 is 11.8 Å².